The fourth-order valence-corrected chi connectivity index (χ4v) is 2.13. The molecule has 0 fully saturated rings. The van der Waals surface area contributed by atoms with Crippen molar-refractivity contribution in [2.45, 2.75) is 13.1 Å². The SMILES string of the molecule is O=c1[nH]c(CNc2ccc(F)cc2)nn1Cc1ccccc1F. The first-order valence-corrected chi connectivity index (χ1v) is 7.00. The molecule has 1 aromatic heterocycles. The fourth-order valence-electron chi connectivity index (χ4n) is 2.13. The largest absolute Gasteiger partial charge is 0.378 e. The van der Waals surface area contributed by atoms with E-state index >= 15 is 0 Å². The summed E-state index contributed by atoms with van der Waals surface area (Å²) in [5.74, 6) is -0.290. The van der Waals surface area contributed by atoms with E-state index in [0.29, 0.717) is 17.1 Å². The van der Waals surface area contributed by atoms with Crippen LogP contribution >= 0.6 is 0 Å². The minimum absolute atomic E-state index is 0.0541. The Balaban J connectivity index is 1.70. The number of hydrogen-bond donors (Lipinski definition) is 2. The average Bonchev–Trinajstić information content (AvgIpc) is 2.89. The molecule has 2 N–H and O–H groups in total. The molecule has 0 unspecified atom stereocenters. The number of aromatic amines is 1. The van der Waals surface area contributed by atoms with Crippen LogP contribution in [0, 0.1) is 11.6 Å². The summed E-state index contributed by atoms with van der Waals surface area (Å²) >= 11 is 0. The van der Waals surface area contributed by atoms with Crippen LogP contribution in [0.25, 0.3) is 0 Å². The molecule has 7 heteroatoms. The third-order valence-corrected chi connectivity index (χ3v) is 3.31. The average molecular weight is 316 g/mol. The molecule has 0 saturated carbocycles. The fraction of sp³-hybridized carbons (Fsp3) is 0.125. The number of hydrogen-bond acceptors (Lipinski definition) is 3. The minimum Gasteiger partial charge on any atom is -0.378 e. The van der Waals surface area contributed by atoms with Gasteiger partial charge >= 0.3 is 5.69 Å². The van der Waals surface area contributed by atoms with E-state index in [0.717, 1.165) is 0 Å². The second-order valence-electron chi connectivity index (χ2n) is 4.99. The van der Waals surface area contributed by atoms with Crippen molar-refractivity contribution in [3.8, 4) is 0 Å². The van der Waals surface area contributed by atoms with Crippen LogP contribution in [-0.2, 0) is 13.1 Å². The molecule has 0 bridgehead atoms. The quantitative estimate of drug-likeness (QED) is 0.760. The first kappa shape index (κ1) is 15.0. The smallest absolute Gasteiger partial charge is 0.343 e. The summed E-state index contributed by atoms with van der Waals surface area (Å²) < 4.78 is 27.6. The molecule has 3 aromatic rings. The second kappa shape index (κ2) is 6.43. The van der Waals surface area contributed by atoms with E-state index in [1.54, 1.807) is 30.3 Å². The van der Waals surface area contributed by atoms with E-state index in [1.165, 1.54) is 22.9 Å². The number of halogens is 2. The van der Waals surface area contributed by atoms with E-state index < -0.39 is 5.69 Å². The highest BCUT2D eigenvalue weighted by Gasteiger charge is 2.08. The van der Waals surface area contributed by atoms with Crippen molar-refractivity contribution in [1.29, 1.82) is 0 Å². The second-order valence-corrected chi connectivity index (χ2v) is 4.99. The van der Waals surface area contributed by atoms with Gasteiger partial charge in [-0.3, -0.25) is 4.98 Å². The number of anilines is 1. The summed E-state index contributed by atoms with van der Waals surface area (Å²) in [6.07, 6.45) is 0. The molecule has 2 aromatic carbocycles. The van der Waals surface area contributed by atoms with Crippen LogP contribution in [0.4, 0.5) is 14.5 Å². The molecule has 0 atom stereocenters. The van der Waals surface area contributed by atoms with Crippen molar-refractivity contribution in [1.82, 2.24) is 14.8 Å². The number of nitrogens with zero attached hydrogens (tertiary/aromatic N) is 2. The van der Waals surface area contributed by atoms with Gasteiger partial charge in [0.1, 0.15) is 17.5 Å². The predicted octanol–water partition coefficient (Wildman–Crippen LogP) is 2.51. The molecular weight excluding hydrogens is 302 g/mol. The van der Waals surface area contributed by atoms with E-state index in [1.807, 2.05) is 0 Å². The lowest BCUT2D eigenvalue weighted by Crippen LogP contribution is -2.19. The molecule has 5 nitrogen and oxygen atoms in total. The minimum atomic E-state index is -0.413. The standard InChI is InChI=1S/C16H14F2N4O/c17-12-5-7-13(8-6-12)19-9-15-20-16(23)22(21-15)10-11-3-1-2-4-14(11)18/h1-8,19H,9-10H2,(H,20,21,23). The van der Waals surface area contributed by atoms with Gasteiger partial charge in [-0.05, 0) is 30.3 Å². The molecular formula is C16H14F2N4O. The summed E-state index contributed by atoms with van der Waals surface area (Å²) in [7, 11) is 0. The van der Waals surface area contributed by atoms with E-state index in [9.17, 15) is 13.6 Å². The molecule has 3 rings (SSSR count). The van der Waals surface area contributed by atoms with Crippen molar-refractivity contribution in [2.75, 3.05) is 5.32 Å². The first-order chi connectivity index (χ1) is 11.1. The van der Waals surface area contributed by atoms with Gasteiger partial charge < -0.3 is 5.32 Å². The van der Waals surface area contributed by atoms with E-state index in [2.05, 4.69) is 15.4 Å². The molecule has 0 amide bonds. The first-order valence-electron chi connectivity index (χ1n) is 7.00. The van der Waals surface area contributed by atoms with Crippen molar-refractivity contribution >= 4 is 5.69 Å². The Labute approximate surface area is 130 Å². The zero-order valence-electron chi connectivity index (χ0n) is 12.1. The number of benzene rings is 2. The molecule has 0 aliphatic rings. The van der Waals surface area contributed by atoms with Crippen LogP contribution in [0.5, 0.6) is 0 Å². The highest BCUT2D eigenvalue weighted by atomic mass is 19.1. The van der Waals surface area contributed by atoms with Gasteiger partial charge in [-0.2, -0.15) is 5.10 Å². The maximum Gasteiger partial charge on any atom is 0.343 e. The predicted molar refractivity (Wildman–Crippen MR) is 82.1 cm³/mol. The molecule has 0 aliphatic heterocycles. The summed E-state index contributed by atoms with van der Waals surface area (Å²) in [5, 5.41) is 7.14. The van der Waals surface area contributed by atoms with Gasteiger partial charge in [0, 0.05) is 11.3 Å². The summed E-state index contributed by atoms with van der Waals surface area (Å²) in [6, 6.07) is 12.1. The Morgan fingerprint density at radius 1 is 1.09 bits per heavy atom. The lowest BCUT2D eigenvalue weighted by Gasteiger charge is -2.03. The number of aromatic nitrogens is 3. The van der Waals surface area contributed by atoms with Crippen LogP contribution in [0.1, 0.15) is 11.4 Å². The Morgan fingerprint density at radius 3 is 2.57 bits per heavy atom. The molecule has 23 heavy (non-hydrogen) atoms. The van der Waals surface area contributed by atoms with Crippen LogP contribution in [0.2, 0.25) is 0 Å². The lowest BCUT2D eigenvalue weighted by molar-refractivity contribution is 0.576. The van der Waals surface area contributed by atoms with Gasteiger partial charge in [0.2, 0.25) is 0 Å². The van der Waals surface area contributed by atoms with Crippen LogP contribution < -0.4 is 11.0 Å². The Morgan fingerprint density at radius 2 is 1.83 bits per heavy atom. The maximum absolute atomic E-state index is 13.6. The number of rotatable bonds is 5. The van der Waals surface area contributed by atoms with Crippen LogP contribution in [0.3, 0.4) is 0 Å². The highest BCUT2D eigenvalue weighted by Crippen LogP contribution is 2.09. The zero-order valence-corrected chi connectivity index (χ0v) is 12.1. The van der Waals surface area contributed by atoms with Crippen molar-refractivity contribution in [3.63, 3.8) is 0 Å². The molecule has 0 aliphatic carbocycles. The zero-order chi connectivity index (χ0) is 16.2. The van der Waals surface area contributed by atoms with Gasteiger partial charge in [0.25, 0.3) is 0 Å². The van der Waals surface area contributed by atoms with Gasteiger partial charge in [-0.25, -0.2) is 18.3 Å². The third-order valence-electron chi connectivity index (χ3n) is 3.31. The maximum atomic E-state index is 13.6. The number of nitrogens with one attached hydrogen (secondary N) is 2. The molecule has 1 heterocycles. The van der Waals surface area contributed by atoms with Gasteiger partial charge in [0.15, 0.2) is 0 Å². The van der Waals surface area contributed by atoms with Crippen molar-refractivity contribution in [2.24, 2.45) is 0 Å². The summed E-state index contributed by atoms with van der Waals surface area (Å²) in [4.78, 5) is 14.5. The van der Waals surface area contributed by atoms with E-state index in [4.69, 9.17) is 0 Å². The third kappa shape index (κ3) is 3.63. The monoisotopic (exact) mass is 316 g/mol. The topological polar surface area (TPSA) is 62.7 Å². The molecule has 118 valence electrons. The van der Waals surface area contributed by atoms with Gasteiger partial charge in [-0.1, -0.05) is 18.2 Å². The Kier molecular flexibility index (Phi) is 4.18. The van der Waals surface area contributed by atoms with Gasteiger partial charge in [-0.15, -0.1) is 0 Å². The van der Waals surface area contributed by atoms with Crippen molar-refractivity contribution < 1.29 is 8.78 Å². The lowest BCUT2D eigenvalue weighted by atomic mass is 10.2. The van der Waals surface area contributed by atoms with E-state index in [-0.39, 0.29) is 24.7 Å². The molecule has 0 radical (unpaired) electrons. The van der Waals surface area contributed by atoms with Crippen molar-refractivity contribution in [3.05, 3.63) is 82.0 Å². The normalized spacial score (nSPS) is 10.7. The molecule has 0 spiro atoms. The molecule has 0 saturated heterocycles. The summed E-state index contributed by atoms with van der Waals surface area (Å²) in [5.41, 5.74) is 0.680. The Hall–Kier alpha value is -2.96. The number of H-pyrrole nitrogens is 1. The van der Waals surface area contributed by atoms with Crippen LogP contribution in [-0.4, -0.2) is 14.8 Å². The van der Waals surface area contributed by atoms with Crippen LogP contribution in [0.15, 0.2) is 53.3 Å². The summed E-state index contributed by atoms with van der Waals surface area (Å²) in [6.45, 7) is 0.323. The highest BCUT2D eigenvalue weighted by molar-refractivity contribution is 5.42. The Bertz CT molecular complexity index is 855. The van der Waals surface area contributed by atoms with Gasteiger partial charge in [0.05, 0.1) is 13.1 Å².